The number of carbonyl (C=O) groups excluding carboxylic acids is 2. The number of nitrogens with one attached hydrogen (secondary N) is 1. The lowest BCUT2D eigenvalue weighted by molar-refractivity contribution is -0.136. The minimum absolute atomic E-state index is 0.00144. The molecule has 0 spiro atoms. The molecule has 0 aromatic heterocycles. The van der Waals surface area contributed by atoms with E-state index in [0.29, 0.717) is 28.6 Å². The molecule has 1 aliphatic heterocycles. The molecular weight excluding hydrogens is 299 g/mol. The van der Waals surface area contributed by atoms with Crippen molar-refractivity contribution in [3.05, 3.63) is 28.2 Å². The van der Waals surface area contributed by atoms with Gasteiger partial charge in [-0.2, -0.15) is 0 Å². The molecule has 1 aromatic rings. The van der Waals surface area contributed by atoms with Gasteiger partial charge in [0.15, 0.2) is 0 Å². The molecule has 1 saturated heterocycles. The van der Waals surface area contributed by atoms with Crippen LogP contribution in [0.15, 0.2) is 18.2 Å². The molecule has 108 valence electrons. The molecule has 6 heteroatoms. The number of nitrogens with zero attached hydrogens (tertiary/aromatic N) is 1. The summed E-state index contributed by atoms with van der Waals surface area (Å²) in [6.07, 6.45) is 1.10. The third-order valence-electron chi connectivity index (χ3n) is 3.76. The lowest BCUT2D eigenvalue weighted by atomic mass is 9.88. The summed E-state index contributed by atoms with van der Waals surface area (Å²) in [7, 11) is 0. The fourth-order valence-electron chi connectivity index (χ4n) is 2.42. The molecule has 0 unspecified atom stereocenters. The Hall–Kier alpha value is -1.26. The van der Waals surface area contributed by atoms with Gasteiger partial charge in [-0.15, -0.1) is 0 Å². The molecule has 1 aromatic carbocycles. The van der Waals surface area contributed by atoms with Gasteiger partial charge in [-0.3, -0.25) is 9.59 Å². The van der Waals surface area contributed by atoms with Crippen LogP contribution in [0.25, 0.3) is 0 Å². The zero-order valence-electron chi connectivity index (χ0n) is 11.4. The van der Waals surface area contributed by atoms with E-state index < -0.39 is 5.54 Å². The Morgan fingerprint density at radius 2 is 1.85 bits per heavy atom. The summed E-state index contributed by atoms with van der Waals surface area (Å²) in [5, 5.41) is 3.60. The van der Waals surface area contributed by atoms with E-state index in [1.165, 1.54) is 4.90 Å². The summed E-state index contributed by atoms with van der Waals surface area (Å²) in [5.41, 5.74) is -0.243. The van der Waals surface area contributed by atoms with Gasteiger partial charge in [0.1, 0.15) is 12.1 Å². The largest absolute Gasteiger partial charge is 0.340 e. The van der Waals surface area contributed by atoms with Crippen molar-refractivity contribution < 1.29 is 9.59 Å². The molecule has 1 aliphatic rings. The first kappa shape index (κ1) is 15.1. The molecule has 0 atom stereocenters. The lowest BCUT2D eigenvalue weighted by Crippen LogP contribution is -2.66. The van der Waals surface area contributed by atoms with Crippen LogP contribution in [0.4, 0.5) is 5.69 Å². The Balaban J connectivity index is 2.42. The maximum absolute atomic E-state index is 12.7. The van der Waals surface area contributed by atoms with Crippen LogP contribution >= 0.6 is 23.2 Å². The van der Waals surface area contributed by atoms with Crippen LogP contribution in [-0.2, 0) is 9.59 Å². The van der Waals surface area contributed by atoms with Gasteiger partial charge < -0.3 is 10.2 Å². The number of anilines is 1. The second-order valence-electron chi connectivity index (χ2n) is 4.83. The van der Waals surface area contributed by atoms with E-state index in [0.717, 1.165) is 0 Å². The molecule has 1 heterocycles. The van der Waals surface area contributed by atoms with E-state index in [9.17, 15) is 9.59 Å². The van der Waals surface area contributed by atoms with Crippen molar-refractivity contribution in [2.75, 3.05) is 11.4 Å². The summed E-state index contributed by atoms with van der Waals surface area (Å²) in [6, 6.07) is 4.93. The molecule has 1 fully saturated rings. The first-order chi connectivity index (χ1) is 9.43. The Morgan fingerprint density at radius 3 is 2.40 bits per heavy atom. The molecule has 0 bridgehead atoms. The molecule has 4 nitrogen and oxygen atoms in total. The third-order valence-corrected chi connectivity index (χ3v) is 4.50. The molecule has 2 rings (SSSR count). The zero-order valence-corrected chi connectivity index (χ0v) is 12.9. The van der Waals surface area contributed by atoms with Crippen LogP contribution in [0.5, 0.6) is 0 Å². The molecule has 0 aliphatic carbocycles. The average Bonchev–Trinajstić information content (AvgIpc) is 2.44. The van der Waals surface area contributed by atoms with E-state index >= 15 is 0 Å². The van der Waals surface area contributed by atoms with Crippen LogP contribution in [-0.4, -0.2) is 23.9 Å². The van der Waals surface area contributed by atoms with Crippen molar-refractivity contribution in [1.29, 1.82) is 0 Å². The number of hydrogen-bond acceptors (Lipinski definition) is 2. The van der Waals surface area contributed by atoms with Crippen LogP contribution < -0.4 is 10.2 Å². The second kappa shape index (κ2) is 5.62. The predicted molar refractivity (Wildman–Crippen MR) is 80.3 cm³/mol. The number of carbonyl (C=O) groups is 2. The highest BCUT2D eigenvalue weighted by atomic mass is 35.5. The highest BCUT2D eigenvalue weighted by Crippen LogP contribution is 2.31. The molecule has 0 radical (unpaired) electrons. The summed E-state index contributed by atoms with van der Waals surface area (Å²) in [6.45, 7) is 3.78. The molecule has 20 heavy (non-hydrogen) atoms. The summed E-state index contributed by atoms with van der Waals surface area (Å²) >= 11 is 11.9. The Labute approximate surface area is 128 Å². The molecule has 2 amide bonds. The lowest BCUT2D eigenvalue weighted by Gasteiger charge is -2.41. The van der Waals surface area contributed by atoms with Crippen molar-refractivity contribution in [3.63, 3.8) is 0 Å². The summed E-state index contributed by atoms with van der Waals surface area (Å²) < 4.78 is 0. The van der Waals surface area contributed by atoms with Gasteiger partial charge in [0.2, 0.25) is 5.91 Å². The van der Waals surface area contributed by atoms with Gasteiger partial charge in [-0.1, -0.05) is 37.0 Å². The second-order valence-corrected chi connectivity index (χ2v) is 5.64. The van der Waals surface area contributed by atoms with Crippen molar-refractivity contribution in [2.45, 2.75) is 32.2 Å². The normalized spacial score (nSPS) is 18.1. The van der Waals surface area contributed by atoms with Crippen LogP contribution in [0.3, 0.4) is 0 Å². The number of rotatable bonds is 3. The molecule has 0 saturated carbocycles. The Kier molecular flexibility index (Phi) is 4.25. The van der Waals surface area contributed by atoms with Gasteiger partial charge in [0.05, 0.1) is 10.0 Å². The van der Waals surface area contributed by atoms with Crippen LogP contribution in [0.1, 0.15) is 26.7 Å². The summed E-state index contributed by atoms with van der Waals surface area (Å²) in [5.74, 6) is -0.278. The van der Waals surface area contributed by atoms with Gasteiger partial charge in [-0.25, -0.2) is 0 Å². The average molecular weight is 315 g/mol. The SMILES string of the molecule is CCC1(CC)NC(=O)CN(c2ccc(Cl)c(Cl)c2)C1=O. The monoisotopic (exact) mass is 314 g/mol. The van der Waals surface area contributed by atoms with Crippen molar-refractivity contribution in [3.8, 4) is 0 Å². The van der Waals surface area contributed by atoms with Crippen molar-refractivity contribution >= 4 is 40.7 Å². The Morgan fingerprint density at radius 1 is 1.20 bits per heavy atom. The van der Waals surface area contributed by atoms with Gasteiger partial charge in [0, 0.05) is 5.69 Å². The van der Waals surface area contributed by atoms with E-state index in [2.05, 4.69) is 5.32 Å². The topological polar surface area (TPSA) is 49.4 Å². The number of benzene rings is 1. The fourth-order valence-corrected chi connectivity index (χ4v) is 2.72. The third kappa shape index (κ3) is 2.50. The maximum atomic E-state index is 12.7. The van der Waals surface area contributed by atoms with Crippen LogP contribution in [0, 0.1) is 0 Å². The van der Waals surface area contributed by atoms with Gasteiger partial charge >= 0.3 is 0 Å². The van der Waals surface area contributed by atoms with Crippen molar-refractivity contribution in [1.82, 2.24) is 5.32 Å². The number of amides is 2. The zero-order chi connectivity index (χ0) is 14.9. The Bertz CT molecular complexity index is 556. The standard InChI is InChI=1S/C14H16Cl2N2O2/c1-3-14(4-2)13(20)18(8-12(19)17-14)9-5-6-10(15)11(16)7-9/h5-7H,3-4,8H2,1-2H3,(H,17,19). The quantitative estimate of drug-likeness (QED) is 0.932. The van der Waals surface area contributed by atoms with E-state index in [1.54, 1.807) is 18.2 Å². The number of piperazine rings is 1. The smallest absolute Gasteiger partial charge is 0.253 e. The van der Waals surface area contributed by atoms with Crippen LogP contribution in [0.2, 0.25) is 10.0 Å². The highest BCUT2D eigenvalue weighted by Gasteiger charge is 2.44. The first-order valence-electron chi connectivity index (χ1n) is 6.51. The van der Waals surface area contributed by atoms with E-state index in [4.69, 9.17) is 23.2 Å². The van der Waals surface area contributed by atoms with E-state index in [-0.39, 0.29) is 18.4 Å². The van der Waals surface area contributed by atoms with Crippen molar-refractivity contribution in [2.24, 2.45) is 0 Å². The molecule has 1 N–H and O–H groups in total. The number of halogens is 2. The molecular formula is C14H16Cl2N2O2. The van der Waals surface area contributed by atoms with Gasteiger partial charge in [0.25, 0.3) is 5.91 Å². The van der Waals surface area contributed by atoms with E-state index in [1.807, 2.05) is 13.8 Å². The first-order valence-corrected chi connectivity index (χ1v) is 7.27. The minimum Gasteiger partial charge on any atom is -0.340 e. The summed E-state index contributed by atoms with van der Waals surface area (Å²) in [4.78, 5) is 26.1. The maximum Gasteiger partial charge on any atom is 0.253 e. The predicted octanol–water partition coefficient (Wildman–Crippen LogP) is 3.02. The number of hydrogen-bond donors (Lipinski definition) is 1. The minimum atomic E-state index is -0.832. The highest BCUT2D eigenvalue weighted by molar-refractivity contribution is 6.42. The van der Waals surface area contributed by atoms with Gasteiger partial charge in [-0.05, 0) is 31.0 Å². The fraction of sp³-hybridized carbons (Fsp3) is 0.429.